The summed E-state index contributed by atoms with van der Waals surface area (Å²) >= 11 is 0. The lowest BCUT2D eigenvalue weighted by atomic mass is 10.0. The lowest BCUT2D eigenvalue weighted by Gasteiger charge is -2.20. The second-order valence-electron chi connectivity index (χ2n) is 19.3. The molecule has 16 heteroatoms. The number of amides is 3. The number of carbonyl (C=O) groups is 6. The number of nitrogens with one attached hydrogen (secondary N) is 3. The van der Waals surface area contributed by atoms with Gasteiger partial charge in [0.2, 0.25) is 17.7 Å². The predicted octanol–water partition coefficient (Wildman–Crippen LogP) is 9.56. The van der Waals surface area contributed by atoms with Crippen molar-refractivity contribution >= 4 is 107 Å². The summed E-state index contributed by atoms with van der Waals surface area (Å²) in [5, 5.41) is 14.7. The van der Waals surface area contributed by atoms with E-state index in [0.717, 1.165) is 55.9 Å². The highest BCUT2D eigenvalue weighted by Gasteiger charge is 2.14. The van der Waals surface area contributed by atoms with Gasteiger partial charge in [-0.2, -0.15) is 0 Å². The first-order chi connectivity index (χ1) is 37.1. The number of anilines is 7. The van der Waals surface area contributed by atoms with Crippen LogP contribution in [0.2, 0.25) is 0 Å². The number of ketones is 3. The minimum absolute atomic E-state index is 0.00590. The fraction of sp³-hybridized carbons (Fsp3) is 0.226. The van der Waals surface area contributed by atoms with E-state index in [1.807, 2.05) is 164 Å². The number of carbonyl (C=O) groups excluding carboxylic acids is 6. The van der Waals surface area contributed by atoms with Gasteiger partial charge in [-0.1, -0.05) is 54.6 Å². The number of hydrogen-bond donors (Lipinski definition) is 5. The zero-order chi connectivity index (χ0) is 56.6. The number of nitrogen functional groups attached to an aromatic ring is 2. The first-order valence-electron chi connectivity index (χ1n) is 25.2. The Hall–Kier alpha value is -9.28. The number of Topliss-reactive ketones (excluding diaryl/α,β-unsaturated/α-hetero) is 3. The standard InChI is InChI=1S/C22H23N3O3.C21H21N3O2.C19H25N3O2/c1-14(26)15-4-5-17-11-19(8-6-16(17)10-15)25(2)13-22(27)24-18-7-9-20(23)21(12-18)28-3;1-14(25)15-3-4-17-12-20(10-5-16(17)11-15)24(2)13-21(26)23-19-8-6-18(22)7-9-19;1-14(23)15-5-6-17-12-18(8-7-16(17)11-15)22(4)13-19(24)20-9-10-21(2)3/h4-12H,13,23H2,1-3H3,(H,24,27);3-12H,13,22H2,1-2H3,(H,23,26);5-8,11-12H,9-10,13H2,1-4H3,(H,20,24). The number of methoxy groups -OCH3 is 1. The topological polar surface area (TPSA) is 213 Å². The summed E-state index contributed by atoms with van der Waals surface area (Å²) in [6.07, 6.45) is 0. The van der Waals surface area contributed by atoms with E-state index >= 15 is 0 Å². The van der Waals surface area contributed by atoms with Crippen LogP contribution in [-0.2, 0) is 14.4 Å². The van der Waals surface area contributed by atoms with Gasteiger partial charge in [-0.05, 0) is 158 Å². The van der Waals surface area contributed by atoms with Crippen molar-refractivity contribution in [3.8, 4) is 5.75 Å². The smallest absolute Gasteiger partial charge is 0.243 e. The van der Waals surface area contributed by atoms with Crippen molar-refractivity contribution in [2.75, 3.05) is 112 Å². The average Bonchev–Trinajstić information content (AvgIpc) is 3.46. The molecule has 8 rings (SSSR count). The molecule has 0 saturated carbocycles. The maximum absolute atomic E-state index is 12.4. The maximum atomic E-state index is 12.4. The molecule has 8 aromatic carbocycles. The number of nitrogens with two attached hydrogens (primary N) is 2. The Balaban J connectivity index is 0.000000190. The summed E-state index contributed by atoms with van der Waals surface area (Å²) in [6.45, 7) is 6.87. The van der Waals surface area contributed by atoms with Crippen LogP contribution in [0.3, 0.4) is 0 Å². The monoisotopic (exact) mass is 1050 g/mol. The largest absolute Gasteiger partial charge is 0.495 e. The average molecular weight is 1050 g/mol. The van der Waals surface area contributed by atoms with Gasteiger partial charge in [0, 0.05) is 91.1 Å². The number of hydrogen-bond acceptors (Lipinski definition) is 13. The van der Waals surface area contributed by atoms with Crippen LogP contribution < -0.4 is 46.9 Å². The zero-order valence-corrected chi connectivity index (χ0v) is 45.8. The second kappa shape index (κ2) is 27.0. The van der Waals surface area contributed by atoms with Crippen molar-refractivity contribution in [2.24, 2.45) is 0 Å². The summed E-state index contributed by atoms with van der Waals surface area (Å²) < 4.78 is 5.17. The Bertz CT molecular complexity index is 3470. The number of nitrogens with zero attached hydrogens (tertiary/aromatic N) is 4. The van der Waals surface area contributed by atoms with E-state index in [-0.39, 0.29) is 48.2 Å². The van der Waals surface area contributed by atoms with Gasteiger partial charge in [-0.25, -0.2) is 0 Å². The third-order valence-corrected chi connectivity index (χ3v) is 12.7. The van der Waals surface area contributed by atoms with Gasteiger partial charge in [0.05, 0.1) is 32.4 Å². The molecule has 7 N–H and O–H groups in total. The first-order valence-corrected chi connectivity index (χ1v) is 25.2. The van der Waals surface area contributed by atoms with E-state index in [2.05, 4.69) is 16.0 Å². The summed E-state index contributed by atoms with van der Waals surface area (Å²) in [7, 11) is 11.1. The number of rotatable bonds is 18. The van der Waals surface area contributed by atoms with Gasteiger partial charge in [-0.15, -0.1) is 0 Å². The van der Waals surface area contributed by atoms with E-state index in [9.17, 15) is 28.8 Å². The van der Waals surface area contributed by atoms with Gasteiger partial charge < -0.3 is 51.8 Å². The molecule has 0 heterocycles. The van der Waals surface area contributed by atoms with Crippen molar-refractivity contribution in [1.82, 2.24) is 10.2 Å². The molecular formula is C62H69N9O7. The van der Waals surface area contributed by atoms with Crippen molar-refractivity contribution in [2.45, 2.75) is 20.8 Å². The molecule has 78 heavy (non-hydrogen) atoms. The summed E-state index contributed by atoms with van der Waals surface area (Å²) in [4.78, 5) is 78.8. The van der Waals surface area contributed by atoms with Crippen molar-refractivity contribution in [3.05, 3.63) is 168 Å². The highest BCUT2D eigenvalue weighted by molar-refractivity contribution is 6.02. The molecule has 0 atom stereocenters. The predicted molar refractivity (Wildman–Crippen MR) is 319 cm³/mol. The van der Waals surface area contributed by atoms with Crippen LogP contribution in [0.5, 0.6) is 5.75 Å². The van der Waals surface area contributed by atoms with E-state index in [1.165, 1.54) is 7.11 Å². The number of fused-ring (bicyclic) bond motifs is 3. The summed E-state index contributed by atoms with van der Waals surface area (Å²) in [6, 6.07) is 46.9. The highest BCUT2D eigenvalue weighted by Crippen LogP contribution is 2.28. The third-order valence-electron chi connectivity index (χ3n) is 12.7. The molecule has 3 amide bonds. The van der Waals surface area contributed by atoms with Crippen molar-refractivity contribution in [3.63, 3.8) is 0 Å². The lowest BCUT2D eigenvalue weighted by molar-refractivity contribution is -0.120. The van der Waals surface area contributed by atoms with Crippen LogP contribution in [0.15, 0.2) is 152 Å². The molecule has 0 spiro atoms. The van der Waals surface area contributed by atoms with Crippen LogP contribution in [0.1, 0.15) is 51.8 Å². The van der Waals surface area contributed by atoms with Gasteiger partial charge in [0.25, 0.3) is 0 Å². The van der Waals surface area contributed by atoms with Gasteiger partial charge in [0.15, 0.2) is 17.3 Å². The molecule has 8 aromatic rings. The molecule has 0 aliphatic heterocycles. The van der Waals surface area contributed by atoms with Gasteiger partial charge >= 0.3 is 0 Å². The molecule has 16 nitrogen and oxygen atoms in total. The summed E-state index contributed by atoms with van der Waals surface area (Å²) in [5.74, 6) is 0.418. The first kappa shape index (κ1) is 58.0. The highest BCUT2D eigenvalue weighted by atomic mass is 16.5. The van der Waals surface area contributed by atoms with E-state index in [4.69, 9.17) is 16.2 Å². The van der Waals surface area contributed by atoms with Gasteiger partial charge in [0.1, 0.15) is 5.75 Å². The molecule has 0 fully saturated rings. The Morgan fingerprint density at radius 2 is 0.795 bits per heavy atom. The van der Waals surface area contributed by atoms with Crippen molar-refractivity contribution < 1.29 is 33.5 Å². The van der Waals surface area contributed by atoms with Crippen LogP contribution in [-0.4, -0.2) is 115 Å². The van der Waals surface area contributed by atoms with E-state index in [1.54, 1.807) is 63.2 Å². The number of benzene rings is 8. The molecule has 0 bridgehead atoms. The Labute approximate surface area is 455 Å². The molecule has 0 radical (unpaired) electrons. The Morgan fingerprint density at radius 1 is 0.436 bits per heavy atom. The van der Waals surface area contributed by atoms with Crippen LogP contribution in [0.4, 0.5) is 39.8 Å². The van der Waals surface area contributed by atoms with Crippen molar-refractivity contribution in [1.29, 1.82) is 0 Å². The zero-order valence-electron chi connectivity index (χ0n) is 45.8. The maximum Gasteiger partial charge on any atom is 0.243 e. The fourth-order valence-corrected chi connectivity index (χ4v) is 8.22. The second-order valence-corrected chi connectivity index (χ2v) is 19.3. The minimum atomic E-state index is -0.152. The van der Waals surface area contributed by atoms with E-state index in [0.29, 0.717) is 58.3 Å². The Kier molecular flexibility index (Phi) is 20.1. The molecular weight excluding hydrogens is 983 g/mol. The lowest BCUT2D eigenvalue weighted by Crippen LogP contribution is -2.38. The summed E-state index contributed by atoms with van der Waals surface area (Å²) in [5.41, 5.74) is 18.9. The molecule has 0 aromatic heterocycles. The normalized spacial score (nSPS) is 10.6. The number of ether oxygens (including phenoxy) is 1. The van der Waals surface area contributed by atoms with Crippen LogP contribution in [0, 0.1) is 0 Å². The third kappa shape index (κ3) is 16.6. The molecule has 0 unspecified atom stereocenters. The quantitative estimate of drug-likeness (QED) is 0.0401. The van der Waals surface area contributed by atoms with E-state index < -0.39 is 0 Å². The Morgan fingerprint density at radius 3 is 1.18 bits per heavy atom. The fourth-order valence-electron chi connectivity index (χ4n) is 8.22. The molecule has 0 aliphatic carbocycles. The molecule has 0 aliphatic rings. The van der Waals surface area contributed by atoms with Gasteiger partial charge in [-0.3, -0.25) is 28.8 Å². The minimum Gasteiger partial charge on any atom is -0.495 e. The number of likely N-dealkylation sites (N-methyl/N-ethyl adjacent to an activating group) is 4. The van der Waals surface area contributed by atoms with Crippen LogP contribution >= 0.6 is 0 Å². The molecule has 0 saturated heterocycles. The SMILES string of the molecule is CC(=O)c1ccc2cc(N(C)CC(=O)NCCN(C)C)ccc2c1.CC(=O)c1ccc2cc(N(C)CC(=O)Nc3ccc(N)cc3)ccc2c1.COc1cc(NC(=O)CN(C)c2ccc3cc(C(C)=O)ccc3c2)ccc1N. The molecule has 404 valence electrons. The van der Waals surface area contributed by atoms with Crippen LogP contribution in [0.25, 0.3) is 32.3 Å².